The van der Waals surface area contributed by atoms with E-state index in [4.69, 9.17) is 5.11 Å². The predicted molar refractivity (Wildman–Crippen MR) is 44.1 cm³/mol. The molecule has 15 heavy (non-hydrogen) atoms. The topological polar surface area (TPSA) is 78.4 Å². The van der Waals surface area contributed by atoms with Gasteiger partial charge in [0.05, 0.1) is 0 Å². The van der Waals surface area contributed by atoms with Crippen LogP contribution >= 0.6 is 0 Å². The van der Waals surface area contributed by atoms with Crippen LogP contribution in [0.5, 0.6) is 0 Å². The third kappa shape index (κ3) is 4.15. The Morgan fingerprint density at radius 1 is 1.33 bits per heavy atom. The minimum absolute atomic E-state index is 0.811. The van der Waals surface area contributed by atoms with Crippen molar-refractivity contribution in [3.8, 4) is 0 Å². The van der Waals surface area contributed by atoms with Crippen molar-refractivity contribution in [1.29, 1.82) is 0 Å². The molecule has 0 bridgehead atoms. The van der Waals surface area contributed by atoms with Gasteiger partial charge in [0.25, 0.3) is 0 Å². The van der Waals surface area contributed by atoms with Gasteiger partial charge in [-0.3, -0.25) is 4.79 Å². The number of aliphatic carboxylic acids is 1. The van der Waals surface area contributed by atoms with Crippen molar-refractivity contribution in [1.82, 2.24) is 10.6 Å². The fourth-order valence-corrected chi connectivity index (χ4v) is 0.790. The van der Waals surface area contributed by atoms with Gasteiger partial charge in [-0.1, -0.05) is 0 Å². The van der Waals surface area contributed by atoms with Crippen LogP contribution in [0.15, 0.2) is 0 Å². The highest BCUT2D eigenvalue weighted by molar-refractivity contribution is 5.87. The van der Waals surface area contributed by atoms with E-state index >= 15 is 0 Å². The highest BCUT2D eigenvalue weighted by Crippen LogP contribution is 2.14. The fourth-order valence-electron chi connectivity index (χ4n) is 0.790. The van der Waals surface area contributed by atoms with Crippen LogP contribution in [0.2, 0.25) is 0 Å². The van der Waals surface area contributed by atoms with Gasteiger partial charge in [-0.2, -0.15) is 13.2 Å². The van der Waals surface area contributed by atoms with Crippen LogP contribution in [0.3, 0.4) is 0 Å². The lowest BCUT2D eigenvalue weighted by Crippen LogP contribution is -2.55. The Labute approximate surface area is 83.6 Å². The van der Waals surface area contributed by atoms with Gasteiger partial charge in [0.1, 0.15) is 6.04 Å². The Bertz CT molecular complexity index is 254. The summed E-state index contributed by atoms with van der Waals surface area (Å²) in [6, 6.07) is -2.43. The van der Waals surface area contributed by atoms with E-state index in [-0.39, 0.29) is 0 Å². The number of nitrogens with one attached hydrogen (secondary N) is 2. The average molecular weight is 228 g/mol. The highest BCUT2D eigenvalue weighted by Gasteiger charge is 2.41. The first-order chi connectivity index (χ1) is 6.70. The summed E-state index contributed by atoms with van der Waals surface area (Å²) < 4.78 is 35.4. The van der Waals surface area contributed by atoms with Crippen molar-refractivity contribution in [3.05, 3.63) is 0 Å². The van der Waals surface area contributed by atoms with E-state index < -0.39 is 30.1 Å². The van der Waals surface area contributed by atoms with Crippen molar-refractivity contribution in [2.75, 3.05) is 7.05 Å². The van der Waals surface area contributed by atoms with E-state index in [1.54, 1.807) is 0 Å². The Kier molecular flexibility index (Phi) is 4.53. The first-order valence-corrected chi connectivity index (χ1v) is 3.98. The zero-order chi connectivity index (χ0) is 12.2. The molecule has 0 aliphatic heterocycles. The summed E-state index contributed by atoms with van der Waals surface area (Å²) in [7, 11) is 1.38. The van der Waals surface area contributed by atoms with Crippen molar-refractivity contribution < 1.29 is 27.9 Å². The Morgan fingerprint density at radius 3 is 2.07 bits per heavy atom. The third-order valence-corrected chi connectivity index (χ3v) is 1.77. The monoisotopic (exact) mass is 228 g/mol. The molecule has 0 rings (SSSR count). The molecule has 2 atom stereocenters. The first-order valence-electron chi connectivity index (χ1n) is 3.98. The van der Waals surface area contributed by atoms with E-state index in [2.05, 4.69) is 5.32 Å². The van der Waals surface area contributed by atoms with Crippen LogP contribution in [-0.4, -0.2) is 42.3 Å². The molecular weight excluding hydrogens is 217 g/mol. The minimum Gasteiger partial charge on any atom is -0.480 e. The van der Waals surface area contributed by atoms with Gasteiger partial charge >= 0.3 is 18.1 Å². The highest BCUT2D eigenvalue weighted by atomic mass is 19.4. The summed E-state index contributed by atoms with van der Waals surface area (Å²) >= 11 is 0. The molecule has 8 heteroatoms. The van der Waals surface area contributed by atoms with E-state index in [1.807, 2.05) is 0 Å². The minimum atomic E-state index is -5.08. The van der Waals surface area contributed by atoms with Gasteiger partial charge in [-0.05, 0) is 14.0 Å². The molecule has 0 aromatic heterocycles. The van der Waals surface area contributed by atoms with Crippen molar-refractivity contribution in [2.45, 2.75) is 25.2 Å². The number of carbonyl (C=O) groups is 2. The zero-order valence-electron chi connectivity index (χ0n) is 8.05. The number of hydrogen-bond acceptors (Lipinski definition) is 3. The van der Waals surface area contributed by atoms with E-state index in [0.717, 1.165) is 0 Å². The molecule has 0 spiro atoms. The summed E-state index contributed by atoms with van der Waals surface area (Å²) in [6.07, 6.45) is -5.08. The van der Waals surface area contributed by atoms with Crippen LogP contribution in [0, 0.1) is 0 Å². The molecule has 0 aromatic carbocycles. The molecule has 5 nitrogen and oxygen atoms in total. The second-order valence-corrected chi connectivity index (χ2v) is 2.86. The third-order valence-electron chi connectivity index (χ3n) is 1.77. The van der Waals surface area contributed by atoms with Crippen LogP contribution in [0.4, 0.5) is 13.2 Å². The van der Waals surface area contributed by atoms with Gasteiger partial charge in [0.15, 0.2) is 0 Å². The van der Waals surface area contributed by atoms with Crippen molar-refractivity contribution in [2.24, 2.45) is 0 Å². The van der Waals surface area contributed by atoms with Gasteiger partial charge in [-0.25, -0.2) is 4.79 Å². The summed E-state index contributed by atoms with van der Waals surface area (Å²) in [6.45, 7) is 1.34. The maximum Gasteiger partial charge on any atom is 0.471 e. The maximum atomic E-state index is 11.8. The lowest BCUT2D eigenvalue weighted by molar-refractivity contribution is -0.175. The second kappa shape index (κ2) is 4.96. The SMILES string of the molecule is CNC(C)C(NC(=O)C(F)(F)F)C(=O)O. The molecule has 0 saturated carbocycles. The van der Waals surface area contributed by atoms with E-state index in [9.17, 15) is 22.8 Å². The smallest absolute Gasteiger partial charge is 0.471 e. The molecule has 0 aliphatic rings. The van der Waals surface area contributed by atoms with E-state index in [0.29, 0.717) is 0 Å². The standard InChI is InChI=1S/C7H11F3N2O3/c1-3(11-2)4(5(13)14)12-6(15)7(8,9)10/h3-4,11H,1-2H3,(H,12,15)(H,13,14). The molecule has 0 saturated heterocycles. The molecule has 0 aromatic rings. The molecule has 3 N–H and O–H groups in total. The molecule has 0 fully saturated rings. The van der Waals surface area contributed by atoms with Gasteiger partial charge in [0, 0.05) is 6.04 Å². The number of likely N-dealkylation sites (N-methyl/N-ethyl adjacent to an activating group) is 1. The Hall–Kier alpha value is -1.31. The molecule has 88 valence electrons. The quantitative estimate of drug-likeness (QED) is 0.618. The largest absolute Gasteiger partial charge is 0.480 e. The second-order valence-electron chi connectivity index (χ2n) is 2.86. The molecule has 0 radical (unpaired) electrons. The number of halogens is 3. The summed E-state index contributed by atoms with van der Waals surface area (Å²) in [5.41, 5.74) is 0. The number of carboxylic acids is 1. The molecule has 2 unspecified atom stereocenters. The number of alkyl halides is 3. The Balaban J connectivity index is 4.57. The normalized spacial score (nSPS) is 15.5. The van der Waals surface area contributed by atoms with Gasteiger partial charge in [-0.15, -0.1) is 0 Å². The average Bonchev–Trinajstić information content (AvgIpc) is 2.10. The Morgan fingerprint density at radius 2 is 1.80 bits per heavy atom. The van der Waals surface area contributed by atoms with Crippen LogP contribution in [-0.2, 0) is 9.59 Å². The van der Waals surface area contributed by atoms with E-state index in [1.165, 1.54) is 19.3 Å². The number of carbonyl (C=O) groups excluding carboxylic acids is 1. The number of rotatable bonds is 4. The van der Waals surface area contributed by atoms with Gasteiger partial charge in [0.2, 0.25) is 0 Å². The summed E-state index contributed by atoms with van der Waals surface area (Å²) in [4.78, 5) is 21.0. The molecule has 1 amide bonds. The number of carboxylic acid groups (broad SMARTS) is 1. The zero-order valence-corrected chi connectivity index (χ0v) is 8.05. The van der Waals surface area contributed by atoms with Crippen LogP contribution in [0.1, 0.15) is 6.92 Å². The van der Waals surface area contributed by atoms with Crippen LogP contribution < -0.4 is 10.6 Å². The maximum absolute atomic E-state index is 11.8. The lowest BCUT2D eigenvalue weighted by Gasteiger charge is -2.21. The first kappa shape index (κ1) is 13.7. The molecule has 0 heterocycles. The van der Waals surface area contributed by atoms with Crippen molar-refractivity contribution in [3.63, 3.8) is 0 Å². The van der Waals surface area contributed by atoms with Crippen LogP contribution in [0.25, 0.3) is 0 Å². The predicted octanol–water partition coefficient (Wildman–Crippen LogP) is -0.274. The molecule has 0 aliphatic carbocycles. The fraction of sp³-hybridized carbons (Fsp3) is 0.714. The number of amides is 1. The summed E-state index contributed by atoms with van der Waals surface area (Å²) in [5.74, 6) is -3.80. The van der Waals surface area contributed by atoms with Crippen molar-refractivity contribution >= 4 is 11.9 Å². The molecular formula is C7H11F3N2O3. The number of hydrogen-bond donors (Lipinski definition) is 3. The van der Waals surface area contributed by atoms with Gasteiger partial charge < -0.3 is 15.7 Å². The lowest BCUT2D eigenvalue weighted by atomic mass is 10.1. The summed E-state index contributed by atoms with van der Waals surface area (Å²) in [5, 5.41) is 12.4.